The average molecular weight is 310 g/mol. The molecule has 3 atom stereocenters. The van der Waals surface area contributed by atoms with Gasteiger partial charge in [0.1, 0.15) is 0 Å². The van der Waals surface area contributed by atoms with Gasteiger partial charge in [-0.1, -0.05) is 36.4 Å². The molecule has 2 saturated heterocycles. The maximum Gasteiger partial charge on any atom is 0.0914 e. The maximum absolute atomic E-state index is 10.5. The smallest absolute Gasteiger partial charge is 0.0914 e. The van der Waals surface area contributed by atoms with Gasteiger partial charge in [0, 0.05) is 18.6 Å². The fraction of sp³-hybridized carbons (Fsp3) is 0.500. The number of fused-ring (bicyclic) bond motifs is 2. The molecule has 2 aliphatic heterocycles. The van der Waals surface area contributed by atoms with Crippen LogP contribution in [0.5, 0.6) is 0 Å². The zero-order valence-electron chi connectivity index (χ0n) is 13.6. The van der Waals surface area contributed by atoms with Crippen LogP contribution in [0.2, 0.25) is 0 Å². The number of rotatable bonds is 4. The quantitative estimate of drug-likeness (QED) is 0.911. The summed E-state index contributed by atoms with van der Waals surface area (Å²) in [6, 6.07) is 15.9. The normalized spacial score (nSPS) is 26.3. The summed E-state index contributed by atoms with van der Waals surface area (Å²) >= 11 is 0. The van der Waals surface area contributed by atoms with Crippen LogP contribution in [-0.4, -0.2) is 41.7 Å². The maximum atomic E-state index is 10.5. The Balaban J connectivity index is 1.36. The highest BCUT2D eigenvalue weighted by Crippen LogP contribution is 2.27. The Labute approximate surface area is 138 Å². The number of aliphatic hydroxyl groups excluding tert-OH is 1. The molecule has 0 saturated carbocycles. The molecule has 0 radical (unpaired) electrons. The number of piperidine rings is 1. The van der Waals surface area contributed by atoms with Gasteiger partial charge in [0.05, 0.1) is 6.10 Å². The van der Waals surface area contributed by atoms with Gasteiger partial charge >= 0.3 is 0 Å². The third-order valence-electron chi connectivity index (χ3n) is 5.58. The van der Waals surface area contributed by atoms with E-state index in [4.69, 9.17) is 0 Å². The molecule has 2 fully saturated rings. The minimum Gasteiger partial charge on any atom is -0.387 e. The lowest BCUT2D eigenvalue weighted by molar-refractivity contribution is 0.138. The van der Waals surface area contributed by atoms with Crippen LogP contribution in [0, 0.1) is 0 Å². The van der Waals surface area contributed by atoms with Gasteiger partial charge in [-0.2, -0.15) is 0 Å². The Bertz CT molecular complexity index is 671. The van der Waals surface area contributed by atoms with Crippen LogP contribution in [0.25, 0.3) is 10.8 Å². The predicted molar refractivity (Wildman–Crippen MR) is 94.5 cm³/mol. The molecule has 0 spiro atoms. The highest BCUT2D eigenvalue weighted by Gasteiger charge is 2.31. The number of hydrogen-bond acceptors (Lipinski definition) is 3. The molecule has 2 aromatic carbocycles. The number of hydrogen-bond donors (Lipinski definition) is 2. The summed E-state index contributed by atoms with van der Waals surface area (Å²) in [6.45, 7) is 3.15. The largest absolute Gasteiger partial charge is 0.387 e. The van der Waals surface area contributed by atoms with Gasteiger partial charge in [-0.05, 0) is 61.2 Å². The summed E-state index contributed by atoms with van der Waals surface area (Å²) in [5.74, 6) is 0. The van der Waals surface area contributed by atoms with Crippen molar-refractivity contribution in [2.75, 3.05) is 19.6 Å². The highest BCUT2D eigenvalue weighted by molar-refractivity contribution is 5.83. The van der Waals surface area contributed by atoms with E-state index in [-0.39, 0.29) is 0 Å². The summed E-state index contributed by atoms with van der Waals surface area (Å²) in [5.41, 5.74) is 1.01. The standard InChI is InChI=1S/C20H26N2O/c23-20(17-8-7-15-4-1-2-5-16(15)12-17)14-21-18-9-11-22-10-3-6-19(22)13-18/h1-2,4-5,7-8,12,18-21,23H,3,6,9-11,13-14H2. The Hall–Kier alpha value is -1.42. The SMILES string of the molecule is OC(CNC1CCN2CCCC2C1)c1ccc2ccccc2c1. The van der Waals surface area contributed by atoms with Crippen molar-refractivity contribution in [1.82, 2.24) is 10.2 Å². The van der Waals surface area contributed by atoms with Gasteiger partial charge < -0.3 is 15.3 Å². The van der Waals surface area contributed by atoms with E-state index < -0.39 is 6.10 Å². The second kappa shape index (κ2) is 6.60. The minimum absolute atomic E-state index is 0.429. The number of nitrogens with zero attached hydrogens (tertiary/aromatic N) is 1. The average Bonchev–Trinajstić information content (AvgIpc) is 3.07. The zero-order valence-corrected chi connectivity index (χ0v) is 13.6. The Morgan fingerprint density at radius 1 is 1.09 bits per heavy atom. The molecule has 3 nitrogen and oxygen atoms in total. The fourth-order valence-corrected chi connectivity index (χ4v) is 4.22. The topological polar surface area (TPSA) is 35.5 Å². The molecule has 2 aromatic rings. The van der Waals surface area contributed by atoms with E-state index in [0.717, 1.165) is 11.6 Å². The van der Waals surface area contributed by atoms with Gasteiger partial charge in [0.2, 0.25) is 0 Å². The van der Waals surface area contributed by atoms with E-state index in [2.05, 4.69) is 40.5 Å². The molecule has 122 valence electrons. The van der Waals surface area contributed by atoms with Crippen LogP contribution >= 0.6 is 0 Å². The molecule has 2 heterocycles. The molecule has 23 heavy (non-hydrogen) atoms. The fourth-order valence-electron chi connectivity index (χ4n) is 4.22. The molecule has 2 N–H and O–H groups in total. The zero-order chi connectivity index (χ0) is 15.6. The second-order valence-corrected chi connectivity index (χ2v) is 7.08. The summed E-state index contributed by atoms with van der Waals surface area (Å²) in [4.78, 5) is 2.64. The summed E-state index contributed by atoms with van der Waals surface area (Å²) in [5, 5.41) is 16.6. The van der Waals surface area contributed by atoms with E-state index >= 15 is 0 Å². The van der Waals surface area contributed by atoms with Gasteiger partial charge in [0.25, 0.3) is 0 Å². The van der Waals surface area contributed by atoms with Gasteiger partial charge in [-0.25, -0.2) is 0 Å². The van der Waals surface area contributed by atoms with Crippen LogP contribution < -0.4 is 5.32 Å². The van der Waals surface area contributed by atoms with Crippen LogP contribution in [0.3, 0.4) is 0 Å². The first-order chi connectivity index (χ1) is 11.3. The van der Waals surface area contributed by atoms with Crippen molar-refractivity contribution >= 4 is 10.8 Å². The molecule has 2 aliphatic rings. The molecule has 4 rings (SSSR count). The number of nitrogens with one attached hydrogen (secondary N) is 1. The van der Waals surface area contributed by atoms with Crippen LogP contribution in [0.4, 0.5) is 0 Å². The van der Waals surface area contributed by atoms with E-state index in [1.165, 1.54) is 49.5 Å². The van der Waals surface area contributed by atoms with Gasteiger partial charge in [0.15, 0.2) is 0 Å². The first-order valence-corrected chi connectivity index (χ1v) is 8.94. The monoisotopic (exact) mass is 310 g/mol. The van der Waals surface area contributed by atoms with Crippen molar-refractivity contribution in [2.45, 2.75) is 43.9 Å². The van der Waals surface area contributed by atoms with Crippen molar-refractivity contribution in [3.05, 3.63) is 48.0 Å². The molecule has 0 aliphatic carbocycles. The Morgan fingerprint density at radius 3 is 2.87 bits per heavy atom. The van der Waals surface area contributed by atoms with E-state index in [1.54, 1.807) is 0 Å². The molecule has 3 unspecified atom stereocenters. The van der Waals surface area contributed by atoms with Gasteiger partial charge in [-0.3, -0.25) is 0 Å². The van der Waals surface area contributed by atoms with Crippen molar-refractivity contribution in [3.8, 4) is 0 Å². The molecule has 3 heteroatoms. The summed E-state index contributed by atoms with van der Waals surface area (Å²) < 4.78 is 0. The minimum atomic E-state index is -0.429. The molecular weight excluding hydrogens is 284 g/mol. The predicted octanol–water partition coefficient (Wildman–Crippen LogP) is 3.09. The van der Waals surface area contributed by atoms with Gasteiger partial charge in [-0.15, -0.1) is 0 Å². The molecular formula is C20H26N2O. The van der Waals surface area contributed by atoms with Crippen LogP contribution in [0.15, 0.2) is 42.5 Å². The highest BCUT2D eigenvalue weighted by atomic mass is 16.3. The Kier molecular flexibility index (Phi) is 4.34. The lowest BCUT2D eigenvalue weighted by atomic mass is 9.97. The lowest BCUT2D eigenvalue weighted by Gasteiger charge is -2.35. The van der Waals surface area contributed by atoms with Crippen LogP contribution in [-0.2, 0) is 0 Å². The second-order valence-electron chi connectivity index (χ2n) is 7.08. The molecule has 0 bridgehead atoms. The first kappa shape index (κ1) is 15.1. The van der Waals surface area contributed by atoms with Crippen molar-refractivity contribution in [3.63, 3.8) is 0 Å². The van der Waals surface area contributed by atoms with Crippen molar-refractivity contribution < 1.29 is 5.11 Å². The first-order valence-electron chi connectivity index (χ1n) is 8.94. The third-order valence-corrected chi connectivity index (χ3v) is 5.58. The third kappa shape index (κ3) is 3.27. The Morgan fingerprint density at radius 2 is 1.96 bits per heavy atom. The molecule has 0 aromatic heterocycles. The van der Waals surface area contributed by atoms with Crippen molar-refractivity contribution in [1.29, 1.82) is 0 Å². The lowest BCUT2D eigenvalue weighted by Crippen LogP contribution is -2.46. The number of benzene rings is 2. The van der Waals surface area contributed by atoms with E-state index in [9.17, 15) is 5.11 Å². The summed E-state index contributed by atoms with van der Waals surface area (Å²) in [7, 11) is 0. The van der Waals surface area contributed by atoms with E-state index in [1.807, 2.05) is 12.1 Å². The van der Waals surface area contributed by atoms with E-state index in [0.29, 0.717) is 12.6 Å². The molecule has 0 amide bonds. The summed E-state index contributed by atoms with van der Waals surface area (Å²) in [6.07, 6.45) is 4.73. The van der Waals surface area contributed by atoms with Crippen LogP contribution in [0.1, 0.15) is 37.4 Å². The van der Waals surface area contributed by atoms with Crippen molar-refractivity contribution in [2.24, 2.45) is 0 Å². The number of aliphatic hydroxyl groups is 1.